The van der Waals surface area contributed by atoms with Gasteiger partial charge in [0, 0.05) is 6.04 Å². The first kappa shape index (κ1) is 13.5. The van der Waals surface area contributed by atoms with E-state index < -0.39 is 0 Å². The Morgan fingerprint density at radius 3 is 2.75 bits per heavy atom. The number of carbonyl (C=O) groups is 1. The number of hydrogen-bond acceptors (Lipinski definition) is 2. The molecule has 16 heavy (non-hydrogen) atoms. The molecule has 1 rings (SSSR count). The van der Waals surface area contributed by atoms with Gasteiger partial charge in [-0.1, -0.05) is 39.5 Å². The SMILES string of the molecule is CCCC(N)C(=O)NC1CCCCCC1C. The van der Waals surface area contributed by atoms with E-state index in [1.807, 2.05) is 0 Å². The van der Waals surface area contributed by atoms with Crippen molar-refractivity contribution in [3.8, 4) is 0 Å². The lowest BCUT2D eigenvalue weighted by Gasteiger charge is -2.24. The van der Waals surface area contributed by atoms with E-state index in [0.29, 0.717) is 12.0 Å². The fourth-order valence-corrected chi connectivity index (χ4v) is 2.44. The number of nitrogens with one attached hydrogen (secondary N) is 1. The maximum Gasteiger partial charge on any atom is 0.237 e. The highest BCUT2D eigenvalue weighted by molar-refractivity contribution is 5.81. The minimum absolute atomic E-state index is 0.0422. The molecule has 0 aromatic rings. The highest BCUT2D eigenvalue weighted by Crippen LogP contribution is 2.22. The van der Waals surface area contributed by atoms with Gasteiger partial charge in [-0.15, -0.1) is 0 Å². The minimum Gasteiger partial charge on any atom is -0.352 e. The Kier molecular flexibility index (Phi) is 5.81. The first-order chi connectivity index (χ1) is 7.65. The molecule has 3 unspecified atom stereocenters. The van der Waals surface area contributed by atoms with Gasteiger partial charge in [-0.2, -0.15) is 0 Å². The quantitative estimate of drug-likeness (QED) is 0.722. The van der Waals surface area contributed by atoms with Crippen LogP contribution in [0.2, 0.25) is 0 Å². The van der Waals surface area contributed by atoms with Gasteiger partial charge in [0.1, 0.15) is 0 Å². The van der Waals surface area contributed by atoms with Crippen LogP contribution in [0.15, 0.2) is 0 Å². The predicted octanol–water partition coefficient (Wildman–Crippen LogP) is 2.20. The number of rotatable bonds is 4. The second kappa shape index (κ2) is 6.89. The van der Waals surface area contributed by atoms with Crippen LogP contribution in [0.1, 0.15) is 58.8 Å². The largest absolute Gasteiger partial charge is 0.352 e. The lowest BCUT2D eigenvalue weighted by molar-refractivity contribution is -0.123. The molecular weight excluding hydrogens is 200 g/mol. The van der Waals surface area contributed by atoms with Gasteiger partial charge in [0.05, 0.1) is 6.04 Å². The highest BCUT2D eigenvalue weighted by atomic mass is 16.2. The van der Waals surface area contributed by atoms with Crippen LogP contribution >= 0.6 is 0 Å². The Labute approximate surface area is 99.2 Å². The molecule has 1 amide bonds. The molecule has 1 aliphatic rings. The molecule has 3 heteroatoms. The van der Waals surface area contributed by atoms with Crippen LogP contribution in [0, 0.1) is 5.92 Å². The third kappa shape index (κ3) is 4.12. The Morgan fingerprint density at radius 2 is 2.06 bits per heavy atom. The topological polar surface area (TPSA) is 55.1 Å². The molecule has 0 radical (unpaired) electrons. The van der Waals surface area contributed by atoms with Crippen molar-refractivity contribution < 1.29 is 4.79 Å². The van der Waals surface area contributed by atoms with Crippen molar-refractivity contribution in [2.24, 2.45) is 11.7 Å². The summed E-state index contributed by atoms with van der Waals surface area (Å²) < 4.78 is 0. The van der Waals surface area contributed by atoms with Gasteiger partial charge in [-0.3, -0.25) is 4.79 Å². The highest BCUT2D eigenvalue weighted by Gasteiger charge is 2.23. The summed E-state index contributed by atoms with van der Waals surface area (Å²) in [7, 11) is 0. The van der Waals surface area contributed by atoms with Gasteiger partial charge >= 0.3 is 0 Å². The normalized spacial score (nSPS) is 28.2. The predicted molar refractivity (Wildman–Crippen MR) is 67.1 cm³/mol. The zero-order chi connectivity index (χ0) is 12.0. The molecule has 1 aliphatic carbocycles. The van der Waals surface area contributed by atoms with Gasteiger partial charge in [0.15, 0.2) is 0 Å². The van der Waals surface area contributed by atoms with E-state index in [1.54, 1.807) is 0 Å². The summed E-state index contributed by atoms with van der Waals surface area (Å²) in [5.41, 5.74) is 5.82. The summed E-state index contributed by atoms with van der Waals surface area (Å²) in [6.45, 7) is 4.29. The van der Waals surface area contributed by atoms with Crippen molar-refractivity contribution in [1.29, 1.82) is 0 Å². The molecule has 0 spiro atoms. The average Bonchev–Trinajstić information content (AvgIpc) is 2.45. The Bertz CT molecular complexity index is 218. The molecule has 0 aromatic carbocycles. The van der Waals surface area contributed by atoms with Gasteiger partial charge in [0.25, 0.3) is 0 Å². The third-order valence-electron chi connectivity index (χ3n) is 3.63. The van der Waals surface area contributed by atoms with E-state index in [1.165, 1.54) is 25.7 Å². The number of carbonyl (C=O) groups excluding carboxylic acids is 1. The Balaban J connectivity index is 2.41. The molecule has 3 N–H and O–H groups in total. The summed E-state index contributed by atoms with van der Waals surface area (Å²) in [6, 6.07) is 0.0263. The standard InChI is InChI=1S/C13H26N2O/c1-3-7-11(14)13(16)15-12-9-6-4-5-8-10(12)2/h10-12H,3-9,14H2,1-2H3,(H,15,16). The molecular formula is C13H26N2O. The third-order valence-corrected chi connectivity index (χ3v) is 3.63. The molecule has 1 fully saturated rings. The smallest absolute Gasteiger partial charge is 0.237 e. The summed E-state index contributed by atoms with van der Waals surface area (Å²) >= 11 is 0. The van der Waals surface area contributed by atoms with Crippen LogP contribution in [-0.4, -0.2) is 18.0 Å². The molecule has 0 heterocycles. The molecule has 0 saturated heterocycles. The van der Waals surface area contributed by atoms with E-state index in [9.17, 15) is 4.79 Å². The first-order valence-electron chi connectivity index (χ1n) is 6.71. The van der Waals surface area contributed by atoms with E-state index >= 15 is 0 Å². The number of nitrogens with two attached hydrogens (primary N) is 1. The molecule has 0 bridgehead atoms. The Hall–Kier alpha value is -0.570. The fourth-order valence-electron chi connectivity index (χ4n) is 2.44. The zero-order valence-electron chi connectivity index (χ0n) is 10.7. The number of hydrogen-bond donors (Lipinski definition) is 2. The summed E-state index contributed by atoms with van der Waals surface area (Å²) in [5, 5.41) is 3.13. The summed E-state index contributed by atoms with van der Waals surface area (Å²) in [6.07, 6.45) is 7.94. The molecule has 3 atom stereocenters. The van der Waals surface area contributed by atoms with Crippen LogP contribution in [0.5, 0.6) is 0 Å². The second-order valence-electron chi connectivity index (χ2n) is 5.13. The molecule has 94 valence electrons. The van der Waals surface area contributed by atoms with Crippen LogP contribution in [-0.2, 0) is 4.79 Å². The van der Waals surface area contributed by atoms with Crippen LogP contribution in [0.4, 0.5) is 0 Å². The minimum atomic E-state index is -0.319. The van der Waals surface area contributed by atoms with E-state index in [0.717, 1.165) is 19.3 Å². The van der Waals surface area contributed by atoms with Crippen LogP contribution in [0.3, 0.4) is 0 Å². The summed E-state index contributed by atoms with van der Waals surface area (Å²) in [4.78, 5) is 11.8. The molecule has 1 saturated carbocycles. The number of amides is 1. The maximum atomic E-state index is 11.8. The van der Waals surface area contributed by atoms with Gasteiger partial charge in [-0.05, 0) is 25.2 Å². The van der Waals surface area contributed by atoms with Crippen molar-refractivity contribution >= 4 is 5.91 Å². The van der Waals surface area contributed by atoms with E-state index in [2.05, 4.69) is 19.2 Å². The lowest BCUT2D eigenvalue weighted by Crippen LogP contribution is -2.47. The van der Waals surface area contributed by atoms with Gasteiger partial charge in [0.2, 0.25) is 5.91 Å². The van der Waals surface area contributed by atoms with Crippen molar-refractivity contribution in [2.45, 2.75) is 70.9 Å². The molecule has 3 nitrogen and oxygen atoms in total. The van der Waals surface area contributed by atoms with E-state index in [4.69, 9.17) is 5.73 Å². The van der Waals surface area contributed by atoms with Crippen molar-refractivity contribution in [3.05, 3.63) is 0 Å². The summed E-state index contributed by atoms with van der Waals surface area (Å²) in [5.74, 6) is 0.640. The Morgan fingerprint density at radius 1 is 1.38 bits per heavy atom. The molecule has 0 aliphatic heterocycles. The van der Waals surface area contributed by atoms with Crippen molar-refractivity contribution in [1.82, 2.24) is 5.32 Å². The maximum absolute atomic E-state index is 11.8. The zero-order valence-corrected chi connectivity index (χ0v) is 10.7. The van der Waals surface area contributed by atoms with Crippen molar-refractivity contribution in [3.63, 3.8) is 0 Å². The average molecular weight is 226 g/mol. The van der Waals surface area contributed by atoms with Crippen LogP contribution in [0.25, 0.3) is 0 Å². The second-order valence-corrected chi connectivity index (χ2v) is 5.13. The monoisotopic (exact) mass is 226 g/mol. The van der Waals surface area contributed by atoms with Gasteiger partial charge < -0.3 is 11.1 Å². The fraction of sp³-hybridized carbons (Fsp3) is 0.923. The van der Waals surface area contributed by atoms with E-state index in [-0.39, 0.29) is 11.9 Å². The molecule has 0 aromatic heterocycles. The first-order valence-corrected chi connectivity index (χ1v) is 6.71. The van der Waals surface area contributed by atoms with Crippen LogP contribution < -0.4 is 11.1 Å². The van der Waals surface area contributed by atoms with Crippen molar-refractivity contribution in [2.75, 3.05) is 0 Å². The van der Waals surface area contributed by atoms with Gasteiger partial charge in [-0.25, -0.2) is 0 Å². The lowest BCUT2D eigenvalue weighted by atomic mass is 9.96.